The van der Waals surface area contributed by atoms with Crippen molar-refractivity contribution < 1.29 is 9.57 Å². The molecule has 0 N–H and O–H groups in total. The van der Waals surface area contributed by atoms with E-state index in [9.17, 15) is 0 Å². The van der Waals surface area contributed by atoms with Crippen LogP contribution in [-0.2, 0) is 11.4 Å². The molecular formula is C18H12Cl2N2O2. The molecule has 0 unspecified atom stereocenters. The van der Waals surface area contributed by atoms with Gasteiger partial charge in [0.25, 0.3) is 0 Å². The predicted octanol–water partition coefficient (Wildman–Crippen LogP) is 4.43. The van der Waals surface area contributed by atoms with Gasteiger partial charge in [0.1, 0.15) is 13.2 Å². The lowest BCUT2D eigenvalue weighted by molar-refractivity contribution is 0.132. The Balaban J connectivity index is 2.02. The van der Waals surface area contributed by atoms with Gasteiger partial charge in [0.15, 0.2) is 5.75 Å². The monoisotopic (exact) mass is 358 g/mol. The van der Waals surface area contributed by atoms with Crippen LogP contribution in [-0.4, -0.2) is 12.8 Å². The molecule has 0 bridgehead atoms. The molecule has 6 heteroatoms. The molecule has 0 aliphatic heterocycles. The molecule has 4 nitrogen and oxygen atoms in total. The highest BCUT2D eigenvalue weighted by Gasteiger charge is 2.09. The van der Waals surface area contributed by atoms with Crippen molar-refractivity contribution in [2.24, 2.45) is 5.16 Å². The third-order valence-corrected chi connectivity index (χ3v) is 3.52. The smallest absolute Gasteiger partial charge is 0.157 e. The highest BCUT2D eigenvalue weighted by molar-refractivity contribution is 6.37. The van der Waals surface area contributed by atoms with Crippen molar-refractivity contribution in [2.75, 3.05) is 6.61 Å². The van der Waals surface area contributed by atoms with Crippen LogP contribution in [0.5, 0.6) is 5.75 Å². The summed E-state index contributed by atoms with van der Waals surface area (Å²) in [6.07, 6.45) is 6.61. The van der Waals surface area contributed by atoms with Gasteiger partial charge < -0.3 is 9.57 Å². The van der Waals surface area contributed by atoms with Crippen LogP contribution in [0, 0.1) is 23.7 Å². The van der Waals surface area contributed by atoms with Gasteiger partial charge in [-0.25, -0.2) is 0 Å². The predicted molar refractivity (Wildman–Crippen MR) is 94.3 cm³/mol. The minimum atomic E-state index is 0.0777. The van der Waals surface area contributed by atoms with Crippen molar-refractivity contribution in [1.29, 1.82) is 5.26 Å². The van der Waals surface area contributed by atoms with E-state index >= 15 is 0 Å². The molecule has 24 heavy (non-hydrogen) atoms. The molecular weight excluding hydrogens is 347 g/mol. The third-order valence-electron chi connectivity index (χ3n) is 2.95. The summed E-state index contributed by atoms with van der Waals surface area (Å²) in [5.41, 5.74) is 1.95. The summed E-state index contributed by atoms with van der Waals surface area (Å²) in [5.74, 6) is 2.67. The Bertz CT molecular complexity index is 813. The molecule has 0 heterocycles. The zero-order valence-electron chi connectivity index (χ0n) is 12.5. The van der Waals surface area contributed by atoms with Gasteiger partial charge in [-0.3, -0.25) is 0 Å². The van der Waals surface area contributed by atoms with Gasteiger partial charge in [0, 0.05) is 5.56 Å². The maximum absolute atomic E-state index is 9.00. The van der Waals surface area contributed by atoms with E-state index in [4.69, 9.17) is 44.5 Å². The maximum Gasteiger partial charge on any atom is 0.157 e. The topological polar surface area (TPSA) is 54.6 Å². The van der Waals surface area contributed by atoms with Gasteiger partial charge in [0.2, 0.25) is 0 Å². The lowest BCUT2D eigenvalue weighted by Crippen LogP contribution is -1.96. The van der Waals surface area contributed by atoms with E-state index in [1.165, 1.54) is 6.21 Å². The number of terminal acetylenes is 1. The van der Waals surface area contributed by atoms with Crippen LogP contribution in [0.2, 0.25) is 10.0 Å². The van der Waals surface area contributed by atoms with E-state index in [2.05, 4.69) is 17.1 Å². The molecule has 0 radical (unpaired) electrons. The number of nitrogens with zero attached hydrogens (tertiary/aromatic N) is 2. The summed E-state index contributed by atoms with van der Waals surface area (Å²) in [6.45, 7) is 0.263. The molecule has 0 saturated carbocycles. The van der Waals surface area contributed by atoms with Crippen LogP contribution in [0.3, 0.4) is 0 Å². The molecule has 120 valence electrons. The molecule has 0 aliphatic rings. The van der Waals surface area contributed by atoms with Crippen molar-refractivity contribution in [2.45, 2.75) is 6.61 Å². The zero-order chi connectivity index (χ0) is 17.4. The second-order valence-electron chi connectivity index (χ2n) is 4.58. The van der Waals surface area contributed by atoms with Crippen LogP contribution >= 0.6 is 23.2 Å². The Morgan fingerprint density at radius 1 is 1.21 bits per heavy atom. The Morgan fingerprint density at radius 2 is 1.92 bits per heavy atom. The van der Waals surface area contributed by atoms with Crippen molar-refractivity contribution in [3.05, 3.63) is 63.1 Å². The van der Waals surface area contributed by atoms with E-state index in [0.717, 1.165) is 5.56 Å². The number of nitriles is 1. The summed E-state index contributed by atoms with van der Waals surface area (Å²) >= 11 is 12.2. The van der Waals surface area contributed by atoms with Gasteiger partial charge in [-0.1, -0.05) is 52.5 Å². The van der Waals surface area contributed by atoms with Gasteiger partial charge in [-0.2, -0.15) is 5.26 Å². The van der Waals surface area contributed by atoms with E-state index in [0.29, 0.717) is 26.9 Å². The van der Waals surface area contributed by atoms with E-state index in [-0.39, 0.29) is 13.2 Å². The van der Waals surface area contributed by atoms with Crippen molar-refractivity contribution in [3.8, 4) is 24.2 Å². The normalized spacial score (nSPS) is 10.2. The van der Waals surface area contributed by atoms with Crippen LogP contribution < -0.4 is 4.74 Å². The molecule has 0 aromatic heterocycles. The van der Waals surface area contributed by atoms with E-state index in [1.807, 2.05) is 6.07 Å². The highest BCUT2D eigenvalue weighted by Crippen LogP contribution is 2.33. The molecule has 0 fully saturated rings. The molecule has 2 rings (SSSR count). The first kappa shape index (κ1) is 17.7. The lowest BCUT2D eigenvalue weighted by atomic mass is 10.1. The molecule has 0 saturated heterocycles. The molecule has 2 aromatic rings. The number of halogens is 2. The van der Waals surface area contributed by atoms with E-state index < -0.39 is 0 Å². The Morgan fingerprint density at radius 3 is 2.58 bits per heavy atom. The molecule has 0 aliphatic carbocycles. The van der Waals surface area contributed by atoms with Crippen LogP contribution in [0.1, 0.15) is 16.7 Å². The standard InChI is InChI=1S/C18H12Cl2N2O2/c1-2-7-23-18-16(19)8-13(9-17(18)20)11-22-24-12-15-6-4-3-5-14(15)10-21/h1,3-6,8-9,11H,7,12H2/b22-11-. The third kappa shape index (κ3) is 4.67. The SMILES string of the molecule is C#CCOc1c(Cl)cc(/C=N\OCc2ccccc2C#N)cc1Cl. The maximum atomic E-state index is 9.00. The average molecular weight is 359 g/mol. The quantitative estimate of drug-likeness (QED) is 0.436. The number of ether oxygens (including phenoxy) is 1. The molecule has 0 spiro atoms. The summed E-state index contributed by atoms with van der Waals surface area (Å²) in [6, 6.07) is 12.5. The first-order chi connectivity index (χ1) is 11.7. The van der Waals surface area contributed by atoms with Crippen LogP contribution in [0.4, 0.5) is 0 Å². The largest absolute Gasteiger partial charge is 0.478 e. The van der Waals surface area contributed by atoms with Gasteiger partial charge in [-0.15, -0.1) is 6.42 Å². The van der Waals surface area contributed by atoms with Crippen LogP contribution in [0.25, 0.3) is 0 Å². The van der Waals surface area contributed by atoms with Gasteiger partial charge in [0.05, 0.1) is 27.9 Å². The second kappa shape index (κ2) is 8.84. The Labute approximate surface area is 150 Å². The lowest BCUT2D eigenvalue weighted by Gasteiger charge is -2.08. The summed E-state index contributed by atoms with van der Waals surface area (Å²) in [5, 5.41) is 13.5. The fourth-order valence-corrected chi connectivity index (χ4v) is 2.48. The zero-order valence-corrected chi connectivity index (χ0v) is 14.0. The van der Waals surface area contributed by atoms with Gasteiger partial charge in [-0.05, 0) is 23.8 Å². The van der Waals surface area contributed by atoms with Gasteiger partial charge >= 0.3 is 0 Å². The average Bonchev–Trinajstić information content (AvgIpc) is 2.58. The second-order valence-corrected chi connectivity index (χ2v) is 5.40. The molecule has 2 aromatic carbocycles. The number of rotatable bonds is 6. The fourth-order valence-electron chi connectivity index (χ4n) is 1.87. The first-order valence-corrected chi connectivity index (χ1v) is 7.60. The summed E-state index contributed by atoms with van der Waals surface area (Å²) < 4.78 is 5.27. The van der Waals surface area contributed by atoms with Crippen molar-refractivity contribution >= 4 is 29.4 Å². The van der Waals surface area contributed by atoms with Crippen molar-refractivity contribution in [3.63, 3.8) is 0 Å². The molecule has 0 amide bonds. The minimum absolute atomic E-state index is 0.0777. The number of benzene rings is 2. The highest BCUT2D eigenvalue weighted by atomic mass is 35.5. The molecule has 0 atom stereocenters. The van der Waals surface area contributed by atoms with E-state index in [1.54, 1.807) is 30.3 Å². The van der Waals surface area contributed by atoms with Crippen LogP contribution in [0.15, 0.2) is 41.6 Å². The summed E-state index contributed by atoms with van der Waals surface area (Å²) in [7, 11) is 0. The number of hydrogen-bond donors (Lipinski definition) is 0. The minimum Gasteiger partial charge on any atom is -0.478 e. The summed E-state index contributed by atoms with van der Waals surface area (Å²) in [4.78, 5) is 5.22. The van der Waals surface area contributed by atoms with Crippen molar-refractivity contribution in [1.82, 2.24) is 0 Å². The fraction of sp³-hybridized carbons (Fsp3) is 0.111. The number of oxime groups is 1. The first-order valence-electron chi connectivity index (χ1n) is 6.84. The Kier molecular flexibility index (Phi) is 6.51. The number of hydrogen-bond acceptors (Lipinski definition) is 4. The Hall–Kier alpha value is -2.66.